The Morgan fingerprint density at radius 3 is 2.67 bits per heavy atom. The fourth-order valence-corrected chi connectivity index (χ4v) is 4.03. The molecule has 1 atom stereocenters. The third-order valence-corrected chi connectivity index (χ3v) is 5.98. The van der Waals surface area contributed by atoms with Gasteiger partial charge in [0, 0.05) is 44.0 Å². The van der Waals surface area contributed by atoms with Crippen LogP contribution in [0, 0.1) is 5.92 Å². The fourth-order valence-electron chi connectivity index (χ4n) is 3.60. The quantitative estimate of drug-likeness (QED) is 0.376. The second-order valence-electron chi connectivity index (χ2n) is 8.34. The van der Waals surface area contributed by atoms with E-state index in [-0.39, 0.29) is 47.8 Å². The van der Waals surface area contributed by atoms with Crippen molar-refractivity contribution in [1.29, 1.82) is 0 Å². The number of hydrogen-bond donors (Lipinski definition) is 3. The zero-order chi connectivity index (χ0) is 26.1. The number of ether oxygens (including phenoxy) is 2. The van der Waals surface area contributed by atoms with Crippen molar-refractivity contribution < 1.29 is 23.9 Å². The smallest absolute Gasteiger partial charge is 0.319 e. The molecule has 12 heteroatoms. The molecule has 1 unspecified atom stereocenters. The number of carbonyl (C=O) groups is 3. The van der Waals surface area contributed by atoms with E-state index in [0.717, 1.165) is 18.7 Å². The number of nitrogens with zero attached hydrogens (tertiary/aromatic N) is 2. The number of methoxy groups -OCH3 is 1. The zero-order valence-electron chi connectivity index (χ0n) is 20.1. The molecular weight excluding hydrogens is 509 g/mol. The summed E-state index contributed by atoms with van der Waals surface area (Å²) in [6.07, 6.45) is 1.03. The van der Waals surface area contributed by atoms with Crippen LogP contribution in [0.5, 0.6) is 5.88 Å². The average molecular weight is 538 g/mol. The standard InChI is InChI=1S/C24H29Cl2N5O5/c1-3-20(36-23-19(26)8-17(25)11-28-23)22(33)27-9-15-5-4-6-18(7-15)30-24(34)29-10-16-12-31(13-16)14-21(32)35-2/h4-8,11,16,20H,3,9-10,12-14H2,1-2H3,(H,27,33)(H2,29,30,34). The van der Waals surface area contributed by atoms with E-state index in [4.69, 9.17) is 27.9 Å². The van der Waals surface area contributed by atoms with Gasteiger partial charge in [0.05, 0.1) is 18.7 Å². The summed E-state index contributed by atoms with van der Waals surface area (Å²) in [6, 6.07) is 8.34. The van der Waals surface area contributed by atoms with Crippen LogP contribution in [0.15, 0.2) is 36.5 Å². The van der Waals surface area contributed by atoms with Crippen molar-refractivity contribution in [3.63, 3.8) is 0 Å². The van der Waals surface area contributed by atoms with E-state index in [9.17, 15) is 14.4 Å². The molecule has 0 saturated carbocycles. The Kier molecular flexibility index (Phi) is 10.2. The van der Waals surface area contributed by atoms with Crippen molar-refractivity contribution in [2.75, 3.05) is 38.6 Å². The Balaban J connectivity index is 1.42. The van der Waals surface area contributed by atoms with E-state index in [1.165, 1.54) is 19.4 Å². The molecular formula is C24H29Cl2N5O5. The number of benzene rings is 1. The lowest BCUT2D eigenvalue weighted by Crippen LogP contribution is -2.53. The molecule has 36 heavy (non-hydrogen) atoms. The number of amides is 3. The van der Waals surface area contributed by atoms with Gasteiger partial charge in [-0.05, 0) is 30.2 Å². The van der Waals surface area contributed by atoms with E-state index in [1.54, 1.807) is 18.2 Å². The Morgan fingerprint density at radius 1 is 1.19 bits per heavy atom. The number of rotatable bonds is 11. The molecule has 1 fully saturated rings. The van der Waals surface area contributed by atoms with E-state index in [1.807, 2.05) is 17.9 Å². The molecule has 0 radical (unpaired) electrons. The summed E-state index contributed by atoms with van der Waals surface area (Å²) < 4.78 is 10.3. The number of esters is 1. The van der Waals surface area contributed by atoms with Gasteiger partial charge in [-0.1, -0.05) is 42.3 Å². The highest BCUT2D eigenvalue weighted by Crippen LogP contribution is 2.26. The second-order valence-corrected chi connectivity index (χ2v) is 9.19. The van der Waals surface area contributed by atoms with Crippen molar-refractivity contribution in [2.24, 2.45) is 5.92 Å². The molecule has 1 aliphatic heterocycles. The molecule has 10 nitrogen and oxygen atoms in total. The summed E-state index contributed by atoms with van der Waals surface area (Å²) in [5.74, 6) is -0.161. The minimum Gasteiger partial charge on any atom is -0.468 e. The summed E-state index contributed by atoms with van der Waals surface area (Å²) >= 11 is 11.9. The largest absolute Gasteiger partial charge is 0.468 e. The summed E-state index contributed by atoms with van der Waals surface area (Å²) in [7, 11) is 1.36. The molecule has 3 amide bonds. The first-order valence-electron chi connectivity index (χ1n) is 11.5. The lowest BCUT2D eigenvalue weighted by Gasteiger charge is -2.38. The van der Waals surface area contributed by atoms with Crippen LogP contribution in [0.2, 0.25) is 10.0 Å². The van der Waals surface area contributed by atoms with E-state index < -0.39 is 6.10 Å². The monoisotopic (exact) mass is 537 g/mol. The van der Waals surface area contributed by atoms with Crippen LogP contribution < -0.4 is 20.7 Å². The highest BCUT2D eigenvalue weighted by atomic mass is 35.5. The molecule has 3 rings (SSSR count). The zero-order valence-corrected chi connectivity index (χ0v) is 21.6. The molecule has 0 spiro atoms. The minimum atomic E-state index is -0.779. The third-order valence-electron chi connectivity index (χ3n) is 5.51. The number of nitrogens with one attached hydrogen (secondary N) is 3. The number of urea groups is 1. The van der Waals surface area contributed by atoms with Crippen LogP contribution in [0.1, 0.15) is 18.9 Å². The van der Waals surface area contributed by atoms with Gasteiger partial charge in [0.2, 0.25) is 5.88 Å². The highest BCUT2D eigenvalue weighted by molar-refractivity contribution is 6.35. The molecule has 2 heterocycles. The molecule has 1 saturated heterocycles. The van der Waals surface area contributed by atoms with Gasteiger partial charge in [0.15, 0.2) is 6.10 Å². The van der Waals surface area contributed by atoms with E-state index in [0.29, 0.717) is 23.7 Å². The maximum atomic E-state index is 12.6. The third kappa shape index (κ3) is 8.25. The Bertz CT molecular complexity index is 1080. The number of pyridine rings is 1. The van der Waals surface area contributed by atoms with Crippen molar-refractivity contribution in [2.45, 2.75) is 26.0 Å². The number of likely N-dealkylation sites (tertiary alicyclic amines) is 1. The first kappa shape index (κ1) is 27.5. The highest BCUT2D eigenvalue weighted by Gasteiger charge is 2.28. The Morgan fingerprint density at radius 2 is 1.97 bits per heavy atom. The normalized spacial score (nSPS) is 14.3. The summed E-state index contributed by atoms with van der Waals surface area (Å²) in [4.78, 5) is 42.2. The number of hydrogen-bond acceptors (Lipinski definition) is 7. The molecule has 2 aromatic rings. The lowest BCUT2D eigenvalue weighted by atomic mass is 10.0. The average Bonchev–Trinajstić information content (AvgIpc) is 2.83. The second kappa shape index (κ2) is 13.3. The summed E-state index contributed by atoms with van der Waals surface area (Å²) in [5, 5.41) is 9.06. The topological polar surface area (TPSA) is 122 Å². The van der Waals surface area contributed by atoms with Crippen LogP contribution >= 0.6 is 23.2 Å². The molecule has 3 N–H and O–H groups in total. The first-order valence-corrected chi connectivity index (χ1v) is 12.2. The maximum absolute atomic E-state index is 12.6. The first-order chi connectivity index (χ1) is 17.3. The van der Waals surface area contributed by atoms with Gasteiger partial charge >= 0.3 is 12.0 Å². The van der Waals surface area contributed by atoms with Gasteiger partial charge < -0.3 is 25.4 Å². The molecule has 194 valence electrons. The molecule has 0 aliphatic carbocycles. The molecule has 0 bridgehead atoms. The Labute approximate surface area is 219 Å². The number of aromatic nitrogens is 1. The Hall–Kier alpha value is -3.08. The van der Waals surface area contributed by atoms with Crippen LogP contribution in [0.4, 0.5) is 10.5 Å². The molecule has 1 aromatic heterocycles. The summed E-state index contributed by atoms with van der Waals surface area (Å²) in [5.41, 5.74) is 1.40. The predicted octanol–water partition coefficient (Wildman–Crippen LogP) is 3.09. The molecule has 1 aromatic carbocycles. The van der Waals surface area contributed by atoms with Crippen LogP contribution in [0.25, 0.3) is 0 Å². The van der Waals surface area contributed by atoms with Gasteiger partial charge in [-0.3, -0.25) is 14.5 Å². The SMILES string of the molecule is CCC(Oc1ncc(Cl)cc1Cl)C(=O)NCc1cccc(NC(=O)NCC2CN(CC(=O)OC)C2)c1. The molecule has 1 aliphatic rings. The van der Waals surface area contributed by atoms with Gasteiger partial charge in [-0.25, -0.2) is 9.78 Å². The van der Waals surface area contributed by atoms with Crippen molar-refractivity contribution >= 4 is 46.8 Å². The number of carbonyl (C=O) groups excluding carboxylic acids is 3. The van der Waals surface area contributed by atoms with Crippen LogP contribution in [0.3, 0.4) is 0 Å². The maximum Gasteiger partial charge on any atom is 0.319 e. The van der Waals surface area contributed by atoms with Gasteiger partial charge in [0.25, 0.3) is 5.91 Å². The van der Waals surface area contributed by atoms with E-state index in [2.05, 4.69) is 25.7 Å². The van der Waals surface area contributed by atoms with Crippen molar-refractivity contribution in [3.8, 4) is 5.88 Å². The van der Waals surface area contributed by atoms with Crippen molar-refractivity contribution in [1.82, 2.24) is 20.5 Å². The fraction of sp³-hybridized carbons (Fsp3) is 0.417. The van der Waals surface area contributed by atoms with Gasteiger partial charge in [-0.2, -0.15) is 0 Å². The van der Waals surface area contributed by atoms with Crippen LogP contribution in [-0.4, -0.2) is 67.2 Å². The summed E-state index contributed by atoms with van der Waals surface area (Å²) in [6.45, 7) is 4.29. The minimum absolute atomic E-state index is 0.137. The van der Waals surface area contributed by atoms with E-state index >= 15 is 0 Å². The van der Waals surface area contributed by atoms with Crippen LogP contribution in [-0.2, 0) is 20.9 Å². The number of anilines is 1. The van der Waals surface area contributed by atoms with Gasteiger partial charge in [-0.15, -0.1) is 0 Å². The predicted molar refractivity (Wildman–Crippen MR) is 136 cm³/mol. The van der Waals surface area contributed by atoms with Crippen molar-refractivity contribution in [3.05, 3.63) is 52.1 Å². The number of halogens is 2. The van der Waals surface area contributed by atoms with Gasteiger partial charge in [0.1, 0.15) is 5.02 Å². The lowest BCUT2D eigenvalue weighted by molar-refractivity contribution is -0.143.